The van der Waals surface area contributed by atoms with Gasteiger partial charge in [-0.25, -0.2) is 0 Å². The van der Waals surface area contributed by atoms with E-state index >= 15 is 0 Å². The number of benzene rings is 3. The lowest BCUT2D eigenvalue weighted by Crippen LogP contribution is -2.44. The molecule has 0 saturated heterocycles. The zero-order chi connectivity index (χ0) is 18.1. The van der Waals surface area contributed by atoms with Crippen LogP contribution in [0.25, 0.3) is 11.3 Å². The van der Waals surface area contributed by atoms with E-state index in [1.165, 1.54) is 0 Å². The Balaban J connectivity index is 1.97. The number of carbonyl (C=O) groups excluding carboxylic acids is 1. The van der Waals surface area contributed by atoms with Crippen LogP contribution in [0.1, 0.15) is 16.7 Å². The first-order valence-electron chi connectivity index (χ1n) is 8.55. The molecule has 4 rings (SSSR count). The fourth-order valence-corrected chi connectivity index (χ4v) is 3.57. The van der Waals surface area contributed by atoms with Gasteiger partial charge in [0.25, 0.3) is 0 Å². The molecule has 0 saturated carbocycles. The van der Waals surface area contributed by atoms with Gasteiger partial charge in [0.15, 0.2) is 0 Å². The van der Waals surface area contributed by atoms with E-state index in [0.717, 1.165) is 16.8 Å². The largest absolute Gasteiger partial charge is 0.361 e. The molecule has 0 amide bonds. The Bertz CT molecular complexity index is 965. The summed E-state index contributed by atoms with van der Waals surface area (Å²) in [5, 5.41) is 11.5. The van der Waals surface area contributed by atoms with Gasteiger partial charge in [-0.15, -0.1) is 0 Å². The molecule has 1 aliphatic rings. The zero-order valence-corrected chi connectivity index (χ0v) is 14.5. The van der Waals surface area contributed by atoms with Crippen LogP contribution in [0.3, 0.4) is 0 Å². The Morgan fingerprint density at radius 3 is 1.73 bits per heavy atom. The molecule has 0 spiro atoms. The van der Waals surface area contributed by atoms with Crippen molar-refractivity contribution in [3.8, 4) is 0 Å². The van der Waals surface area contributed by atoms with Gasteiger partial charge in [-0.05, 0) is 11.1 Å². The number of carbonyl (C=O) groups is 1. The second-order valence-electron chi connectivity index (χ2n) is 6.38. The van der Waals surface area contributed by atoms with E-state index in [1.54, 1.807) is 24.1 Å². The average molecular weight is 341 g/mol. The summed E-state index contributed by atoms with van der Waals surface area (Å²) < 4.78 is 0. The SMILES string of the molecule is CN1C(c2ccccc2)=C(c2ccccc2)C(=O)C1(O)c1ccccc1. The van der Waals surface area contributed by atoms with E-state index in [9.17, 15) is 9.90 Å². The van der Waals surface area contributed by atoms with Gasteiger partial charge in [0, 0.05) is 12.6 Å². The standard InChI is InChI=1S/C23H19NO2/c1-24-21(18-13-7-3-8-14-18)20(17-11-5-2-6-12-17)22(25)23(24,26)19-15-9-4-10-16-19/h2-16,26H,1H3. The summed E-state index contributed by atoms with van der Waals surface area (Å²) in [6, 6.07) is 28.3. The van der Waals surface area contributed by atoms with E-state index in [0.29, 0.717) is 11.1 Å². The molecule has 0 aliphatic carbocycles. The molecule has 3 aromatic rings. The van der Waals surface area contributed by atoms with Gasteiger partial charge in [0.05, 0.1) is 11.3 Å². The summed E-state index contributed by atoms with van der Waals surface area (Å²) in [4.78, 5) is 15.2. The van der Waals surface area contributed by atoms with Crippen LogP contribution in [0.5, 0.6) is 0 Å². The van der Waals surface area contributed by atoms with Gasteiger partial charge in [-0.3, -0.25) is 4.79 Å². The fourth-order valence-electron chi connectivity index (χ4n) is 3.57. The molecule has 3 nitrogen and oxygen atoms in total. The van der Waals surface area contributed by atoms with Crippen molar-refractivity contribution in [3.05, 3.63) is 108 Å². The Hall–Kier alpha value is -3.17. The molecule has 0 bridgehead atoms. The average Bonchev–Trinajstić information content (AvgIpc) is 2.92. The summed E-state index contributed by atoms with van der Waals surface area (Å²) in [5.74, 6) is -0.309. The second-order valence-corrected chi connectivity index (χ2v) is 6.38. The third-order valence-corrected chi connectivity index (χ3v) is 4.89. The summed E-state index contributed by atoms with van der Waals surface area (Å²) in [6.45, 7) is 0. The van der Waals surface area contributed by atoms with E-state index in [-0.39, 0.29) is 5.78 Å². The monoisotopic (exact) mass is 341 g/mol. The quantitative estimate of drug-likeness (QED) is 0.785. The van der Waals surface area contributed by atoms with Crippen LogP contribution in [-0.2, 0) is 10.5 Å². The first-order valence-corrected chi connectivity index (χ1v) is 8.55. The van der Waals surface area contributed by atoms with Gasteiger partial charge >= 0.3 is 0 Å². The second kappa shape index (κ2) is 6.28. The van der Waals surface area contributed by atoms with Crippen molar-refractivity contribution in [3.63, 3.8) is 0 Å². The van der Waals surface area contributed by atoms with Crippen LogP contribution in [-0.4, -0.2) is 22.8 Å². The van der Waals surface area contributed by atoms with Crippen LogP contribution in [0.4, 0.5) is 0 Å². The maximum Gasteiger partial charge on any atom is 0.230 e. The van der Waals surface area contributed by atoms with Crippen molar-refractivity contribution in [2.75, 3.05) is 7.05 Å². The molecule has 3 heteroatoms. The molecule has 128 valence electrons. The molecular weight excluding hydrogens is 322 g/mol. The number of Topliss-reactive ketones (excluding diaryl/α,β-unsaturated/α-hetero) is 1. The van der Waals surface area contributed by atoms with E-state index < -0.39 is 5.72 Å². The topological polar surface area (TPSA) is 40.5 Å². The number of hydrogen-bond acceptors (Lipinski definition) is 3. The van der Waals surface area contributed by atoms with Crippen molar-refractivity contribution in [2.24, 2.45) is 0 Å². The number of hydrogen-bond donors (Lipinski definition) is 1. The van der Waals surface area contributed by atoms with Crippen molar-refractivity contribution in [2.45, 2.75) is 5.72 Å². The summed E-state index contributed by atoms with van der Waals surface area (Å²) in [5.41, 5.74) is 1.80. The third-order valence-electron chi connectivity index (χ3n) is 4.89. The molecule has 1 heterocycles. The minimum absolute atomic E-state index is 0.309. The fraction of sp³-hybridized carbons (Fsp3) is 0.0870. The van der Waals surface area contributed by atoms with Gasteiger partial charge < -0.3 is 10.0 Å². The number of rotatable bonds is 3. The van der Waals surface area contributed by atoms with Gasteiger partial charge in [0.1, 0.15) is 0 Å². The maximum absolute atomic E-state index is 13.5. The molecule has 3 aromatic carbocycles. The first-order chi connectivity index (χ1) is 12.6. The van der Waals surface area contributed by atoms with Crippen molar-refractivity contribution in [1.82, 2.24) is 4.90 Å². The van der Waals surface area contributed by atoms with E-state index in [4.69, 9.17) is 0 Å². The van der Waals surface area contributed by atoms with Crippen LogP contribution in [0.2, 0.25) is 0 Å². The van der Waals surface area contributed by atoms with Gasteiger partial charge in [0.2, 0.25) is 11.5 Å². The molecular formula is C23H19NO2. The van der Waals surface area contributed by atoms with Crippen LogP contribution < -0.4 is 0 Å². The van der Waals surface area contributed by atoms with E-state index in [2.05, 4.69) is 0 Å². The highest BCUT2D eigenvalue weighted by Crippen LogP contribution is 2.46. The van der Waals surface area contributed by atoms with Crippen LogP contribution in [0, 0.1) is 0 Å². The highest BCUT2D eigenvalue weighted by atomic mass is 16.3. The Morgan fingerprint density at radius 2 is 1.19 bits per heavy atom. The minimum Gasteiger partial charge on any atom is -0.361 e. The number of nitrogens with zero attached hydrogens (tertiary/aromatic N) is 1. The van der Waals surface area contributed by atoms with Crippen molar-refractivity contribution in [1.29, 1.82) is 0 Å². The summed E-state index contributed by atoms with van der Waals surface area (Å²) >= 11 is 0. The predicted molar refractivity (Wildman–Crippen MR) is 103 cm³/mol. The molecule has 0 aromatic heterocycles. The minimum atomic E-state index is -1.72. The molecule has 1 unspecified atom stereocenters. The van der Waals surface area contributed by atoms with Crippen LogP contribution >= 0.6 is 0 Å². The lowest BCUT2D eigenvalue weighted by atomic mass is 9.92. The van der Waals surface area contributed by atoms with Crippen LogP contribution in [0.15, 0.2) is 91.0 Å². The number of aliphatic hydroxyl groups is 1. The van der Waals surface area contributed by atoms with Crippen molar-refractivity contribution < 1.29 is 9.90 Å². The molecule has 0 fully saturated rings. The Kier molecular flexibility index (Phi) is 3.94. The Labute approximate surface area is 152 Å². The molecule has 0 radical (unpaired) electrons. The molecule has 26 heavy (non-hydrogen) atoms. The lowest BCUT2D eigenvalue weighted by molar-refractivity contribution is -0.144. The molecule has 1 aliphatic heterocycles. The lowest BCUT2D eigenvalue weighted by Gasteiger charge is -2.33. The predicted octanol–water partition coefficient (Wildman–Crippen LogP) is 3.91. The normalized spacial score (nSPS) is 19.9. The molecule has 1 atom stereocenters. The van der Waals surface area contributed by atoms with Gasteiger partial charge in [-0.2, -0.15) is 0 Å². The maximum atomic E-state index is 13.5. The first kappa shape index (κ1) is 16.3. The van der Waals surface area contributed by atoms with Crippen molar-refractivity contribution >= 4 is 17.1 Å². The van der Waals surface area contributed by atoms with Gasteiger partial charge in [-0.1, -0.05) is 91.0 Å². The number of likely N-dealkylation sites (N-methyl/N-ethyl adjacent to an activating group) is 1. The summed E-state index contributed by atoms with van der Waals surface area (Å²) in [7, 11) is 1.77. The Morgan fingerprint density at radius 1 is 0.731 bits per heavy atom. The smallest absolute Gasteiger partial charge is 0.230 e. The highest BCUT2D eigenvalue weighted by molar-refractivity contribution is 6.33. The third kappa shape index (κ3) is 2.37. The zero-order valence-electron chi connectivity index (χ0n) is 14.5. The molecule has 1 N–H and O–H groups in total. The van der Waals surface area contributed by atoms with E-state index in [1.807, 2.05) is 78.9 Å². The summed E-state index contributed by atoms with van der Waals surface area (Å²) in [6.07, 6.45) is 0. The number of ketones is 1. The highest BCUT2D eigenvalue weighted by Gasteiger charge is 2.51.